The molecule has 0 bridgehead atoms. The van der Waals surface area contributed by atoms with Gasteiger partial charge in [0.2, 0.25) is 10.0 Å². The maximum atomic E-state index is 12.9. The minimum Gasteiger partial charge on any atom is -0.478 e. The smallest absolute Gasteiger partial charge is 0.335 e. The van der Waals surface area contributed by atoms with Crippen LogP contribution in [-0.4, -0.2) is 25.5 Å². The fourth-order valence-electron chi connectivity index (χ4n) is 2.55. The highest BCUT2D eigenvalue weighted by Crippen LogP contribution is 2.30. The SMILES string of the molecule is C[C@@H](NS(=O)(=O)c1cc(C(=O)O)ccc1NC1CC1)c1ccccc1. The van der Waals surface area contributed by atoms with E-state index < -0.39 is 22.0 Å². The Labute approximate surface area is 146 Å². The van der Waals surface area contributed by atoms with Crippen LogP contribution in [0.25, 0.3) is 0 Å². The molecule has 0 aromatic heterocycles. The zero-order valence-corrected chi connectivity index (χ0v) is 14.6. The molecule has 132 valence electrons. The molecule has 7 heteroatoms. The normalized spacial score (nSPS) is 15.6. The van der Waals surface area contributed by atoms with Crippen LogP contribution in [0.3, 0.4) is 0 Å². The lowest BCUT2D eigenvalue weighted by Crippen LogP contribution is -2.28. The van der Waals surface area contributed by atoms with Gasteiger partial charge in [0.05, 0.1) is 11.3 Å². The molecular weight excluding hydrogens is 340 g/mol. The summed E-state index contributed by atoms with van der Waals surface area (Å²) >= 11 is 0. The Balaban J connectivity index is 1.93. The van der Waals surface area contributed by atoms with Gasteiger partial charge in [-0.3, -0.25) is 0 Å². The molecule has 0 aliphatic heterocycles. The summed E-state index contributed by atoms with van der Waals surface area (Å²) in [6.07, 6.45) is 1.96. The molecule has 3 rings (SSSR count). The number of benzene rings is 2. The van der Waals surface area contributed by atoms with Crippen LogP contribution in [0, 0.1) is 0 Å². The van der Waals surface area contributed by atoms with Crippen molar-refractivity contribution in [3.05, 3.63) is 59.7 Å². The third-order valence-corrected chi connectivity index (χ3v) is 5.67. The van der Waals surface area contributed by atoms with Gasteiger partial charge in [-0.2, -0.15) is 0 Å². The highest BCUT2D eigenvalue weighted by atomic mass is 32.2. The van der Waals surface area contributed by atoms with Crippen LogP contribution in [0.4, 0.5) is 5.69 Å². The molecule has 1 aliphatic rings. The first-order valence-electron chi connectivity index (χ1n) is 8.08. The number of carbonyl (C=O) groups is 1. The lowest BCUT2D eigenvalue weighted by Gasteiger charge is -2.18. The van der Waals surface area contributed by atoms with Gasteiger partial charge in [-0.1, -0.05) is 30.3 Å². The second-order valence-corrected chi connectivity index (χ2v) is 7.87. The summed E-state index contributed by atoms with van der Waals surface area (Å²) in [6.45, 7) is 1.75. The van der Waals surface area contributed by atoms with Crippen molar-refractivity contribution in [2.75, 3.05) is 5.32 Å². The third-order valence-electron chi connectivity index (χ3n) is 4.09. The number of aromatic carboxylic acids is 1. The predicted molar refractivity (Wildman–Crippen MR) is 95.2 cm³/mol. The summed E-state index contributed by atoms with van der Waals surface area (Å²) < 4.78 is 28.4. The third kappa shape index (κ3) is 4.18. The molecule has 1 saturated carbocycles. The standard InChI is InChI=1S/C18H20N2O4S/c1-12(13-5-3-2-4-6-13)20-25(23,24)17-11-14(18(21)22)7-10-16(17)19-15-8-9-15/h2-7,10-12,15,19-20H,8-9H2,1H3,(H,21,22)/t12-/m1/s1. The zero-order valence-electron chi connectivity index (χ0n) is 13.8. The van der Waals surface area contributed by atoms with Gasteiger partial charge in [-0.15, -0.1) is 0 Å². The van der Waals surface area contributed by atoms with E-state index in [1.165, 1.54) is 18.2 Å². The van der Waals surface area contributed by atoms with E-state index >= 15 is 0 Å². The highest BCUT2D eigenvalue weighted by molar-refractivity contribution is 7.89. The number of sulfonamides is 1. The highest BCUT2D eigenvalue weighted by Gasteiger charge is 2.27. The summed E-state index contributed by atoms with van der Waals surface area (Å²) in [5, 5.41) is 12.3. The summed E-state index contributed by atoms with van der Waals surface area (Å²) in [6, 6.07) is 13.2. The zero-order chi connectivity index (χ0) is 18.0. The van der Waals surface area contributed by atoms with Crippen LogP contribution in [0.15, 0.2) is 53.4 Å². The molecule has 0 saturated heterocycles. The summed E-state index contributed by atoms with van der Waals surface area (Å²) in [4.78, 5) is 11.2. The summed E-state index contributed by atoms with van der Waals surface area (Å²) in [5.41, 5.74) is 1.20. The molecule has 2 aromatic rings. The second-order valence-electron chi connectivity index (χ2n) is 6.19. The van der Waals surface area contributed by atoms with Crippen LogP contribution < -0.4 is 10.0 Å². The van der Waals surface area contributed by atoms with Crippen LogP contribution in [0.1, 0.15) is 41.7 Å². The van der Waals surface area contributed by atoms with Crippen molar-refractivity contribution in [2.24, 2.45) is 0 Å². The monoisotopic (exact) mass is 360 g/mol. The van der Waals surface area contributed by atoms with Gasteiger partial charge in [0.25, 0.3) is 0 Å². The quantitative estimate of drug-likeness (QED) is 0.705. The predicted octanol–water partition coefficient (Wildman–Crippen LogP) is 3.00. The first kappa shape index (κ1) is 17.4. The minimum absolute atomic E-state index is 0.0397. The van der Waals surface area contributed by atoms with Gasteiger partial charge in [-0.25, -0.2) is 17.9 Å². The number of anilines is 1. The van der Waals surface area contributed by atoms with Crippen LogP contribution in [0.2, 0.25) is 0 Å². The molecule has 3 N–H and O–H groups in total. The fourth-order valence-corrected chi connectivity index (χ4v) is 3.98. The van der Waals surface area contributed by atoms with Crippen molar-refractivity contribution >= 4 is 21.7 Å². The summed E-state index contributed by atoms with van der Waals surface area (Å²) in [7, 11) is -3.89. The first-order chi connectivity index (χ1) is 11.9. The molecule has 1 aliphatic carbocycles. The Kier molecular flexibility index (Phi) is 4.78. The first-order valence-corrected chi connectivity index (χ1v) is 9.56. The van der Waals surface area contributed by atoms with Crippen molar-refractivity contribution in [1.82, 2.24) is 4.72 Å². The molecule has 25 heavy (non-hydrogen) atoms. The van der Waals surface area contributed by atoms with E-state index in [0.717, 1.165) is 18.4 Å². The van der Waals surface area contributed by atoms with Crippen LogP contribution in [0.5, 0.6) is 0 Å². The molecule has 0 amide bonds. The van der Waals surface area contributed by atoms with E-state index in [2.05, 4.69) is 10.0 Å². The molecule has 0 radical (unpaired) electrons. The largest absolute Gasteiger partial charge is 0.478 e. The summed E-state index contributed by atoms with van der Waals surface area (Å²) in [5.74, 6) is -1.16. The van der Waals surface area contributed by atoms with Crippen molar-refractivity contribution in [3.8, 4) is 0 Å². The number of nitrogens with one attached hydrogen (secondary N) is 2. The van der Waals surface area contributed by atoms with Gasteiger partial charge < -0.3 is 10.4 Å². The van der Waals surface area contributed by atoms with E-state index in [1.54, 1.807) is 6.92 Å². The van der Waals surface area contributed by atoms with E-state index in [9.17, 15) is 18.3 Å². The van der Waals surface area contributed by atoms with Gasteiger partial charge in [0.15, 0.2) is 0 Å². The average molecular weight is 360 g/mol. The van der Waals surface area contributed by atoms with Crippen LogP contribution in [-0.2, 0) is 10.0 Å². The topological polar surface area (TPSA) is 95.5 Å². The minimum atomic E-state index is -3.89. The lowest BCUT2D eigenvalue weighted by atomic mass is 10.1. The molecule has 0 unspecified atom stereocenters. The Bertz CT molecular complexity index is 877. The molecular formula is C18H20N2O4S. The second kappa shape index (κ2) is 6.85. The number of carboxylic acids is 1. The molecule has 0 spiro atoms. The van der Waals surface area contributed by atoms with Crippen LogP contribution >= 0.6 is 0 Å². The van der Waals surface area contributed by atoms with E-state index in [4.69, 9.17) is 0 Å². The Morgan fingerprint density at radius 2 is 1.84 bits per heavy atom. The Morgan fingerprint density at radius 1 is 1.16 bits per heavy atom. The van der Waals surface area contributed by atoms with Gasteiger partial charge in [0.1, 0.15) is 4.90 Å². The average Bonchev–Trinajstić information content (AvgIpc) is 3.39. The Hall–Kier alpha value is -2.38. The molecule has 1 fully saturated rings. The van der Waals surface area contributed by atoms with Crippen molar-refractivity contribution in [1.29, 1.82) is 0 Å². The van der Waals surface area contributed by atoms with E-state index in [0.29, 0.717) is 5.69 Å². The molecule has 2 aromatic carbocycles. The fraction of sp³-hybridized carbons (Fsp3) is 0.278. The number of hydrogen-bond acceptors (Lipinski definition) is 4. The molecule has 1 atom stereocenters. The number of carboxylic acid groups (broad SMARTS) is 1. The maximum absolute atomic E-state index is 12.9. The number of hydrogen-bond donors (Lipinski definition) is 3. The van der Waals surface area contributed by atoms with Gasteiger partial charge in [-0.05, 0) is 43.5 Å². The van der Waals surface area contributed by atoms with Crippen molar-refractivity contribution < 1.29 is 18.3 Å². The molecule has 6 nitrogen and oxygen atoms in total. The van der Waals surface area contributed by atoms with Gasteiger partial charge >= 0.3 is 5.97 Å². The maximum Gasteiger partial charge on any atom is 0.335 e. The lowest BCUT2D eigenvalue weighted by molar-refractivity contribution is 0.0696. The molecule has 0 heterocycles. The van der Waals surface area contributed by atoms with E-state index in [1.807, 2.05) is 30.3 Å². The van der Waals surface area contributed by atoms with E-state index in [-0.39, 0.29) is 16.5 Å². The Morgan fingerprint density at radius 3 is 2.44 bits per heavy atom. The van der Waals surface area contributed by atoms with Crippen molar-refractivity contribution in [2.45, 2.75) is 36.7 Å². The number of rotatable bonds is 7. The van der Waals surface area contributed by atoms with Gasteiger partial charge in [0, 0.05) is 12.1 Å². The van der Waals surface area contributed by atoms with Crippen molar-refractivity contribution in [3.63, 3.8) is 0 Å².